The summed E-state index contributed by atoms with van der Waals surface area (Å²) in [7, 11) is 0. The summed E-state index contributed by atoms with van der Waals surface area (Å²) in [5.74, 6) is 1.74. The minimum Gasteiger partial charge on any atom is -0.368 e. The van der Waals surface area contributed by atoms with Crippen molar-refractivity contribution in [1.29, 1.82) is 0 Å². The third kappa shape index (κ3) is 5.05. The van der Waals surface area contributed by atoms with Gasteiger partial charge in [-0.05, 0) is 25.2 Å². The van der Waals surface area contributed by atoms with Gasteiger partial charge in [-0.3, -0.25) is 0 Å². The van der Waals surface area contributed by atoms with Gasteiger partial charge in [0, 0.05) is 5.88 Å². The summed E-state index contributed by atoms with van der Waals surface area (Å²) in [6.45, 7) is 3.84. The van der Waals surface area contributed by atoms with Gasteiger partial charge in [0.1, 0.15) is 0 Å². The van der Waals surface area contributed by atoms with E-state index in [4.69, 9.17) is 27.9 Å². The second kappa shape index (κ2) is 7.32. The lowest BCUT2D eigenvalue weighted by molar-refractivity contribution is 0.360. The number of halogens is 2. The van der Waals surface area contributed by atoms with Crippen LogP contribution in [0.2, 0.25) is 0 Å². The maximum atomic E-state index is 5.67. The fourth-order valence-corrected chi connectivity index (χ4v) is 2.01. The van der Waals surface area contributed by atoms with Gasteiger partial charge in [0.05, 0.1) is 18.1 Å². The molecule has 0 aromatic rings. The Morgan fingerprint density at radius 2 is 2.07 bits per heavy atom. The molecule has 1 nitrogen and oxygen atoms in total. The van der Waals surface area contributed by atoms with Crippen molar-refractivity contribution in [2.75, 3.05) is 11.8 Å². The second-order valence-corrected chi connectivity index (χ2v) is 4.42. The molecule has 3 atom stereocenters. The fraction of sp³-hybridized carbons (Fsp3) is 0.667. The summed E-state index contributed by atoms with van der Waals surface area (Å²) in [5, 5.41) is 0. The van der Waals surface area contributed by atoms with E-state index in [1.165, 1.54) is 0 Å². The lowest BCUT2D eigenvalue weighted by atomic mass is 9.98. The molecule has 0 amide bonds. The molecular formula is C12H18Cl2O. The average molecular weight is 249 g/mol. The van der Waals surface area contributed by atoms with Crippen molar-refractivity contribution < 1.29 is 4.74 Å². The second-order valence-electron chi connectivity index (χ2n) is 3.80. The van der Waals surface area contributed by atoms with E-state index >= 15 is 0 Å². The van der Waals surface area contributed by atoms with Gasteiger partial charge in [0.15, 0.2) is 0 Å². The molecule has 86 valence electrons. The number of hydrogen-bond donors (Lipinski definition) is 0. The molecule has 0 bridgehead atoms. The Balaban J connectivity index is 2.11. The molecule has 0 radical (unpaired) electrons. The van der Waals surface area contributed by atoms with Gasteiger partial charge in [0.2, 0.25) is 0 Å². The van der Waals surface area contributed by atoms with Gasteiger partial charge in [-0.1, -0.05) is 18.2 Å². The molecular weight excluding hydrogens is 231 g/mol. The van der Waals surface area contributed by atoms with E-state index in [0.717, 1.165) is 19.3 Å². The molecule has 0 aromatic carbocycles. The fourth-order valence-electron chi connectivity index (χ4n) is 1.61. The maximum absolute atomic E-state index is 5.67. The highest BCUT2D eigenvalue weighted by Gasteiger charge is 2.37. The van der Waals surface area contributed by atoms with Crippen LogP contribution < -0.4 is 0 Å². The first-order chi connectivity index (χ1) is 7.31. The number of ether oxygens (including phenoxy) is 1. The van der Waals surface area contributed by atoms with Crippen molar-refractivity contribution in [3.8, 4) is 0 Å². The Hall–Kier alpha value is 0.0200. The first kappa shape index (κ1) is 13.1. The molecule has 3 unspecified atom stereocenters. The highest BCUT2D eigenvalue weighted by molar-refractivity contribution is 6.18. The van der Waals surface area contributed by atoms with Crippen molar-refractivity contribution in [1.82, 2.24) is 0 Å². The van der Waals surface area contributed by atoms with E-state index in [1.807, 2.05) is 12.2 Å². The highest BCUT2D eigenvalue weighted by Crippen LogP contribution is 2.29. The van der Waals surface area contributed by atoms with Crippen LogP contribution in [-0.2, 0) is 4.74 Å². The summed E-state index contributed by atoms with van der Waals surface area (Å²) in [5.41, 5.74) is 0. The molecule has 0 saturated carbocycles. The van der Waals surface area contributed by atoms with Crippen molar-refractivity contribution >= 4 is 23.2 Å². The Bertz CT molecular complexity index is 216. The van der Waals surface area contributed by atoms with Crippen molar-refractivity contribution in [3.63, 3.8) is 0 Å². The van der Waals surface area contributed by atoms with E-state index in [1.54, 1.807) is 0 Å². The Morgan fingerprint density at radius 3 is 2.60 bits per heavy atom. The van der Waals surface area contributed by atoms with Gasteiger partial charge in [-0.25, -0.2) is 0 Å². The van der Waals surface area contributed by atoms with Gasteiger partial charge in [0.25, 0.3) is 0 Å². The van der Waals surface area contributed by atoms with E-state index in [2.05, 4.69) is 12.7 Å². The zero-order valence-electron chi connectivity index (χ0n) is 8.87. The van der Waals surface area contributed by atoms with E-state index in [0.29, 0.717) is 29.9 Å². The van der Waals surface area contributed by atoms with E-state index < -0.39 is 0 Å². The smallest absolute Gasteiger partial charge is 0.0976 e. The first-order valence-electron chi connectivity index (χ1n) is 5.36. The van der Waals surface area contributed by atoms with Crippen LogP contribution in [0.25, 0.3) is 0 Å². The first-order valence-corrected chi connectivity index (χ1v) is 6.43. The molecule has 15 heavy (non-hydrogen) atoms. The number of hydrogen-bond acceptors (Lipinski definition) is 1. The molecule has 1 rings (SSSR count). The van der Waals surface area contributed by atoms with Crippen LogP contribution in [-0.4, -0.2) is 24.0 Å². The van der Waals surface area contributed by atoms with Gasteiger partial charge >= 0.3 is 0 Å². The van der Waals surface area contributed by atoms with Crippen LogP contribution in [0, 0.1) is 5.92 Å². The molecule has 1 aliphatic heterocycles. The lowest BCUT2D eigenvalue weighted by Crippen LogP contribution is -2.00. The predicted molar refractivity (Wildman–Crippen MR) is 66.8 cm³/mol. The third-order valence-corrected chi connectivity index (χ3v) is 3.17. The van der Waals surface area contributed by atoms with E-state index in [-0.39, 0.29) is 0 Å². The third-order valence-electron chi connectivity index (χ3n) is 2.69. The number of rotatable bonds is 8. The van der Waals surface area contributed by atoms with E-state index in [9.17, 15) is 0 Å². The van der Waals surface area contributed by atoms with Gasteiger partial charge in [-0.15, -0.1) is 29.8 Å². The molecule has 1 saturated heterocycles. The molecule has 0 aliphatic carbocycles. The van der Waals surface area contributed by atoms with Crippen molar-refractivity contribution in [2.24, 2.45) is 5.92 Å². The van der Waals surface area contributed by atoms with Crippen LogP contribution in [0.15, 0.2) is 24.8 Å². The topological polar surface area (TPSA) is 12.5 Å². The predicted octanol–water partition coefficient (Wildman–Crippen LogP) is 3.76. The minimum absolute atomic E-state index is 0.301. The van der Waals surface area contributed by atoms with Crippen LogP contribution in [0.5, 0.6) is 0 Å². The molecule has 1 aliphatic rings. The summed E-state index contributed by atoms with van der Waals surface area (Å²) < 4.78 is 5.38. The van der Waals surface area contributed by atoms with Crippen LogP contribution in [0.1, 0.15) is 19.3 Å². The quantitative estimate of drug-likeness (QED) is 0.362. The normalized spacial score (nSPS) is 26.8. The molecule has 1 heterocycles. The molecule has 3 heteroatoms. The zero-order chi connectivity index (χ0) is 11.1. The Morgan fingerprint density at radius 1 is 1.27 bits per heavy atom. The average Bonchev–Trinajstić information content (AvgIpc) is 3.02. The molecule has 0 aromatic heterocycles. The summed E-state index contributed by atoms with van der Waals surface area (Å²) in [6.07, 6.45) is 10.0. The monoisotopic (exact) mass is 248 g/mol. The highest BCUT2D eigenvalue weighted by atomic mass is 35.5. The summed E-state index contributed by atoms with van der Waals surface area (Å²) in [4.78, 5) is 0. The molecule has 0 N–H and O–H groups in total. The number of epoxide rings is 1. The zero-order valence-corrected chi connectivity index (χ0v) is 10.4. The number of allylic oxidation sites excluding steroid dienone is 3. The van der Waals surface area contributed by atoms with Crippen LogP contribution >= 0.6 is 23.2 Å². The molecule has 1 fully saturated rings. The Labute approximate surface area is 102 Å². The lowest BCUT2D eigenvalue weighted by Gasteiger charge is -2.07. The maximum Gasteiger partial charge on any atom is 0.0976 e. The number of alkyl halides is 2. The standard InChI is InChI=1S/C12H18Cl2O/c1-2-10(5-3-4-8-13)6-7-11-12(9-14)15-11/h2-4,10-12H,1,5-9H2/b4-3+. The summed E-state index contributed by atoms with van der Waals surface area (Å²) >= 11 is 11.2. The minimum atomic E-state index is 0.301. The molecule has 0 spiro atoms. The SMILES string of the molecule is C=CC(C/C=C/CCl)CCC1OC1CCl. The van der Waals surface area contributed by atoms with Gasteiger partial charge < -0.3 is 4.74 Å². The largest absolute Gasteiger partial charge is 0.368 e. The Kier molecular flexibility index (Phi) is 6.39. The summed E-state index contributed by atoms with van der Waals surface area (Å²) in [6, 6.07) is 0. The van der Waals surface area contributed by atoms with Crippen LogP contribution in [0.4, 0.5) is 0 Å². The van der Waals surface area contributed by atoms with Crippen molar-refractivity contribution in [3.05, 3.63) is 24.8 Å². The van der Waals surface area contributed by atoms with Crippen LogP contribution in [0.3, 0.4) is 0 Å². The van der Waals surface area contributed by atoms with Crippen molar-refractivity contribution in [2.45, 2.75) is 31.5 Å². The van der Waals surface area contributed by atoms with Gasteiger partial charge in [-0.2, -0.15) is 0 Å².